The zero-order chi connectivity index (χ0) is 8.77. The van der Waals surface area contributed by atoms with Gasteiger partial charge in [0.1, 0.15) is 0 Å². The second kappa shape index (κ2) is 2.06. The van der Waals surface area contributed by atoms with Crippen molar-refractivity contribution in [3.8, 4) is 0 Å². The number of rotatable bonds is 0. The second-order valence-electron chi connectivity index (χ2n) is 3.32. The Labute approximate surface area is 70.1 Å². The van der Waals surface area contributed by atoms with Crippen LogP contribution in [-0.2, 0) is 9.59 Å². The first-order chi connectivity index (χ1) is 5.64. The van der Waals surface area contributed by atoms with E-state index in [1.807, 2.05) is 0 Å². The topological polar surface area (TPSA) is 46.2 Å². The van der Waals surface area contributed by atoms with Crippen molar-refractivity contribution in [2.45, 2.75) is 6.92 Å². The van der Waals surface area contributed by atoms with Crippen LogP contribution in [0.4, 0.5) is 0 Å². The maximum Gasteiger partial charge on any atom is 0.237 e. The standard InChI is InChI=1S/C9H9NO2/c1-9-5-3-2-4-6(9)7(11)10-8(9)12/h2-6H,1H3,(H,10,11,12). The van der Waals surface area contributed by atoms with E-state index in [9.17, 15) is 9.59 Å². The number of fused-ring (bicyclic) bond motifs is 1. The summed E-state index contributed by atoms with van der Waals surface area (Å²) >= 11 is 0. The maximum absolute atomic E-state index is 11.3. The molecule has 0 saturated carbocycles. The number of allylic oxidation sites excluding steroid dienone is 2. The molecule has 0 spiro atoms. The number of carbonyl (C=O) groups is 2. The Morgan fingerprint density at radius 1 is 1.42 bits per heavy atom. The fraction of sp³-hybridized carbons (Fsp3) is 0.333. The molecule has 1 aliphatic heterocycles. The molecule has 2 atom stereocenters. The third-order valence-corrected chi connectivity index (χ3v) is 2.51. The van der Waals surface area contributed by atoms with E-state index >= 15 is 0 Å². The van der Waals surface area contributed by atoms with E-state index in [4.69, 9.17) is 0 Å². The average Bonchev–Trinajstić information content (AvgIpc) is 2.25. The van der Waals surface area contributed by atoms with Gasteiger partial charge in [0.2, 0.25) is 11.8 Å². The molecule has 1 saturated heterocycles. The lowest BCUT2D eigenvalue weighted by atomic mass is 9.76. The van der Waals surface area contributed by atoms with E-state index in [0.29, 0.717) is 0 Å². The van der Waals surface area contributed by atoms with Crippen LogP contribution in [-0.4, -0.2) is 11.8 Å². The van der Waals surface area contributed by atoms with Gasteiger partial charge < -0.3 is 0 Å². The number of amides is 2. The minimum atomic E-state index is -0.647. The smallest absolute Gasteiger partial charge is 0.237 e. The molecule has 2 unspecified atom stereocenters. The lowest BCUT2D eigenvalue weighted by Crippen LogP contribution is -2.29. The summed E-state index contributed by atoms with van der Waals surface area (Å²) in [6.45, 7) is 1.78. The molecule has 1 N–H and O–H groups in total. The van der Waals surface area contributed by atoms with E-state index in [1.54, 1.807) is 31.2 Å². The quantitative estimate of drug-likeness (QED) is 0.525. The van der Waals surface area contributed by atoms with Crippen LogP contribution in [0.1, 0.15) is 6.92 Å². The van der Waals surface area contributed by atoms with Crippen LogP contribution in [0.2, 0.25) is 0 Å². The molecule has 3 nitrogen and oxygen atoms in total. The average molecular weight is 163 g/mol. The van der Waals surface area contributed by atoms with Crippen molar-refractivity contribution in [2.75, 3.05) is 0 Å². The second-order valence-corrected chi connectivity index (χ2v) is 3.32. The molecule has 62 valence electrons. The molecular weight excluding hydrogens is 154 g/mol. The van der Waals surface area contributed by atoms with Gasteiger partial charge in [0.25, 0.3) is 0 Å². The Balaban J connectivity index is 2.49. The highest BCUT2D eigenvalue weighted by atomic mass is 16.2. The van der Waals surface area contributed by atoms with Gasteiger partial charge in [-0.25, -0.2) is 0 Å². The van der Waals surface area contributed by atoms with E-state index in [0.717, 1.165) is 0 Å². The van der Waals surface area contributed by atoms with Crippen molar-refractivity contribution in [1.82, 2.24) is 5.32 Å². The Kier molecular flexibility index (Phi) is 1.25. The van der Waals surface area contributed by atoms with Gasteiger partial charge in [-0.2, -0.15) is 0 Å². The van der Waals surface area contributed by atoms with Crippen LogP contribution in [0.3, 0.4) is 0 Å². The normalized spacial score (nSPS) is 38.2. The van der Waals surface area contributed by atoms with Crippen molar-refractivity contribution in [3.05, 3.63) is 24.3 Å². The third-order valence-electron chi connectivity index (χ3n) is 2.51. The van der Waals surface area contributed by atoms with Gasteiger partial charge in [-0.3, -0.25) is 14.9 Å². The van der Waals surface area contributed by atoms with Gasteiger partial charge in [-0.05, 0) is 6.92 Å². The number of imide groups is 1. The summed E-state index contributed by atoms with van der Waals surface area (Å²) in [4.78, 5) is 22.5. The van der Waals surface area contributed by atoms with E-state index in [2.05, 4.69) is 5.32 Å². The molecule has 2 rings (SSSR count). The molecule has 12 heavy (non-hydrogen) atoms. The number of nitrogens with one attached hydrogen (secondary N) is 1. The van der Waals surface area contributed by atoms with Crippen LogP contribution in [0.25, 0.3) is 0 Å². The van der Waals surface area contributed by atoms with Gasteiger partial charge >= 0.3 is 0 Å². The molecular formula is C9H9NO2. The predicted octanol–water partition coefficient (Wildman–Crippen LogP) is 0.391. The van der Waals surface area contributed by atoms with Crippen LogP contribution < -0.4 is 5.32 Å². The largest absolute Gasteiger partial charge is 0.295 e. The SMILES string of the molecule is CC12C=CC=CC1C(=O)NC2=O. The molecule has 1 fully saturated rings. The van der Waals surface area contributed by atoms with E-state index in [-0.39, 0.29) is 17.7 Å². The van der Waals surface area contributed by atoms with Gasteiger partial charge in [-0.1, -0.05) is 24.3 Å². The highest BCUT2D eigenvalue weighted by molar-refractivity contribution is 6.09. The Hall–Kier alpha value is -1.38. The predicted molar refractivity (Wildman–Crippen MR) is 43.0 cm³/mol. The first kappa shape index (κ1) is 7.28. The maximum atomic E-state index is 11.3. The summed E-state index contributed by atoms with van der Waals surface area (Å²) in [7, 11) is 0. The molecule has 2 amide bonds. The van der Waals surface area contributed by atoms with Gasteiger partial charge in [0.15, 0.2) is 0 Å². The zero-order valence-corrected chi connectivity index (χ0v) is 6.70. The van der Waals surface area contributed by atoms with Gasteiger partial charge in [-0.15, -0.1) is 0 Å². The lowest BCUT2D eigenvalue weighted by Gasteiger charge is -2.22. The van der Waals surface area contributed by atoms with E-state index < -0.39 is 5.41 Å². The Morgan fingerprint density at radius 3 is 2.83 bits per heavy atom. The fourth-order valence-electron chi connectivity index (χ4n) is 1.64. The third kappa shape index (κ3) is 0.706. The van der Waals surface area contributed by atoms with Crippen molar-refractivity contribution in [1.29, 1.82) is 0 Å². The molecule has 0 radical (unpaired) electrons. The minimum absolute atomic E-state index is 0.192. The zero-order valence-electron chi connectivity index (χ0n) is 6.70. The van der Waals surface area contributed by atoms with Crippen molar-refractivity contribution in [3.63, 3.8) is 0 Å². The molecule has 1 aliphatic carbocycles. The highest BCUT2D eigenvalue weighted by Gasteiger charge is 2.49. The summed E-state index contributed by atoms with van der Waals surface area (Å²) in [6, 6.07) is 0. The summed E-state index contributed by atoms with van der Waals surface area (Å²) in [5.74, 6) is -0.698. The highest BCUT2D eigenvalue weighted by Crippen LogP contribution is 2.37. The van der Waals surface area contributed by atoms with Crippen molar-refractivity contribution < 1.29 is 9.59 Å². The molecule has 0 bridgehead atoms. The Morgan fingerprint density at radius 2 is 2.17 bits per heavy atom. The van der Waals surface area contributed by atoms with Crippen LogP contribution in [0, 0.1) is 11.3 Å². The van der Waals surface area contributed by atoms with E-state index in [1.165, 1.54) is 0 Å². The molecule has 1 heterocycles. The molecule has 0 aromatic rings. The van der Waals surface area contributed by atoms with Crippen molar-refractivity contribution >= 4 is 11.8 Å². The fourth-order valence-corrected chi connectivity index (χ4v) is 1.64. The molecule has 3 heteroatoms. The lowest BCUT2D eigenvalue weighted by molar-refractivity contribution is -0.126. The summed E-state index contributed by atoms with van der Waals surface area (Å²) < 4.78 is 0. The molecule has 0 aromatic heterocycles. The summed E-state index contributed by atoms with van der Waals surface area (Å²) in [5.41, 5.74) is -0.647. The first-order valence-electron chi connectivity index (χ1n) is 3.86. The first-order valence-corrected chi connectivity index (χ1v) is 3.86. The van der Waals surface area contributed by atoms with Crippen LogP contribution in [0.5, 0.6) is 0 Å². The minimum Gasteiger partial charge on any atom is -0.295 e. The van der Waals surface area contributed by atoms with Crippen LogP contribution in [0.15, 0.2) is 24.3 Å². The van der Waals surface area contributed by atoms with Crippen LogP contribution >= 0.6 is 0 Å². The monoisotopic (exact) mass is 163 g/mol. The summed E-state index contributed by atoms with van der Waals surface area (Å²) in [6.07, 6.45) is 7.14. The number of carbonyl (C=O) groups excluding carboxylic acids is 2. The number of hydrogen-bond acceptors (Lipinski definition) is 2. The van der Waals surface area contributed by atoms with Gasteiger partial charge in [0.05, 0.1) is 11.3 Å². The van der Waals surface area contributed by atoms with Gasteiger partial charge in [0, 0.05) is 0 Å². The summed E-state index contributed by atoms with van der Waals surface area (Å²) in [5, 5.41) is 2.32. The van der Waals surface area contributed by atoms with Crippen molar-refractivity contribution in [2.24, 2.45) is 11.3 Å². The Bertz CT molecular complexity index is 316. The molecule has 0 aromatic carbocycles. The number of hydrogen-bond donors (Lipinski definition) is 1. The molecule has 2 aliphatic rings.